The van der Waals surface area contributed by atoms with Crippen LogP contribution in [0.3, 0.4) is 0 Å². The van der Waals surface area contributed by atoms with Crippen LogP contribution < -0.4 is 0 Å². The van der Waals surface area contributed by atoms with Crippen molar-refractivity contribution in [2.45, 2.75) is 6.18 Å². The van der Waals surface area contributed by atoms with Gasteiger partial charge in [0.1, 0.15) is 0 Å². The van der Waals surface area contributed by atoms with Crippen LogP contribution in [0.25, 0.3) is 11.6 Å². The summed E-state index contributed by atoms with van der Waals surface area (Å²) in [5.41, 5.74) is -0.505. The number of nitro groups is 1. The molecule has 0 radical (unpaired) electrons. The predicted molar refractivity (Wildman–Crippen MR) is 87.2 cm³/mol. The molecule has 0 saturated carbocycles. The second kappa shape index (κ2) is 7.45. The smallest absolute Gasteiger partial charge is 0.258 e. The zero-order valence-corrected chi connectivity index (χ0v) is 12.7. The van der Waals surface area contributed by atoms with Crippen molar-refractivity contribution in [1.82, 2.24) is 0 Å². The second-order valence-corrected chi connectivity index (χ2v) is 4.95. The van der Waals surface area contributed by atoms with Gasteiger partial charge in [-0.2, -0.15) is 18.4 Å². The van der Waals surface area contributed by atoms with Crippen LogP contribution in [0.4, 0.5) is 18.9 Å². The fourth-order valence-electron chi connectivity index (χ4n) is 2.10. The minimum atomic E-state index is -4.50. The van der Waals surface area contributed by atoms with Crippen molar-refractivity contribution in [1.29, 1.82) is 5.26 Å². The predicted octanol–water partition coefficient (Wildman–Crippen LogP) is 5.23. The fraction of sp³-hybridized carbons (Fsp3) is 0.0556. The maximum atomic E-state index is 12.7. The van der Waals surface area contributed by atoms with Crippen molar-refractivity contribution >= 4 is 17.3 Å². The lowest BCUT2D eigenvalue weighted by Crippen LogP contribution is -2.04. The third kappa shape index (κ3) is 4.54. The molecule has 2 rings (SSSR count). The summed E-state index contributed by atoms with van der Waals surface area (Å²) >= 11 is 0. The summed E-state index contributed by atoms with van der Waals surface area (Å²) in [6, 6.07) is 12.2. The first-order valence-corrected chi connectivity index (χ1v) is 7.02. The quantitative estimate of drug-likeness (QED) is 0.330. The molecule has 0 atom stereocenters. The summed E-state index contributed by atoms with van der Waals surface area (Å²) in [5, 5.41) is 20.1. The number of halogens is 3. The highest BCUT2D eigenvalue weighted by Gasteiger charge is 2.30. The molecule has 0 aliphatic rings. The van der Waals surface area contributed by atoms with Crippen molar-refractivity contribution in [3.8, 4) is 6.07 Å². The molecule has 0 heterocycles. The van der Waals surface area contributed by atoms with Gasteiger partial charge in [-0.05, 0) is 35.9 Å². The summed E-state index contributed by atoms with van der Waals surface area (Å²) in [5.74, 6) is 0. The maximum Gasteiger partial charge on any atom is 0.416 e. The topological polar surface area (TPSA) is 66.9 Å². The summed E-state index contributed by atoms with van der Waals surface area (Å²) < 4.78 is 38.2. The van der Waals surface area contributed by atoms with Crippen LogP contribution in [0.1, 0.15) is 16.7 Å². The Hall–Kier alpha value is -3.40. The van der Waals surface area contributed by atoms with E-state index in [-0.39, 0.29) is 16.8 Å². The van der Waals surface area contributed by atoms with Gasteiger partial charge in [0.05, 0.1) is 27.7 Å². The van der Waals surface area contributed by atoms with Gasteiger partial charge in [-0.3, -0.25) is 10.1 Å². The summed E-state index contributed by atoms with van der Waals surface area (Å²) in [7, 11) is 0. The van der Waals surface area contributed by atoms with Crippen molar-refractivity contribution in [2.75, 3.05) is 0 Å². The van der Waals surface area contributed by atoms with Crippen molar-refractivity contribution in [3.05, 3.63) is 87.5 Å². The number of nitriles is 1. The van der Waals surface area contributed by atoms with Gasteiger partial charge in [0.2, 0.25) is 0 Å². The molecule has 0 aromatic heterocycles. The van der Waals surface area contributed by atoms with Crippen molar-refractivity contribution < 1.29 is 18.1 Å². The fourth-order valence-corrected chi connectivity index (χ4v) is 2.10. The molecule has 0 bridgehead atoms. The zero-order valence-electron chi connectivity index (χ0n) is 12.7. The van der Waals surface area contributed by atoms with E-state index in [1.165, 1.54) is 48.6 Å². The SMILES string of the molecule is N#CC(=CC=Cc1ccccc1[N+](=O)[O-])c1cccc(C(F)(F)F)c1. The highest BCUT2D eigenvalue weighted by Crippen LogP contribution is 2.31. The molecule has 0 N–H and O–H groups in total. The number of nitrogens with zero attached hydrogens (tertiary/aromatic N) is 2. The highest BCUT2D eigenvalue weighted by atomic mass is 19.4. The van der Waals surface area contributed by atoms with E-state index in [4.69, 9.17) is 0 Å². The monoisotopic (exact) mass is 344 g/mol. The van der Waals surface area contributed by atoms with Gasteiger partial charge >= 0.3 is 6.18 Å². The normalized spacial score (nSPS) is 12.2. The number of hydrogen-bond acceptors (Lipinski definition) is 3. The van der Waals surface area contributed by atoms with E-state index in [9.17, 15) is 28.5 Å². The van der Waals surface area contributed by atoms with Gasteiger partial charge in [-0.25, -0.2) is 0 Å². The Labute approximate surface area is 141 Å². The minimum Gasteiger partial charge on any atom is -0.258 e. The Kier molecular flexibility index (Phi) is 5.35. The van der Waals surface area contributed by atoms with Gasteiger partial charge in [0.15, 0.2) is 0 Å². The van der Waals surface area contributed by atoms with Crippen LogP contribution in [0.15, 0.2) is 60.7 Å². The first-order chi connectivity index (χ1) is 11.8. The van der Waals surface area contributed by atoms with Gasteiger partial charge < -0.3 is 0 Å². The van der Waals surface area contributed by atoms with E-state index in [1.807, 2.05) is 6.07 Å². The van der Waals surface area contributed by atoms with Gasteiger partial charge in [-0.1, -0.05) is 30.3 Å². The largest absolute Gasteiger partial charge is 0.416 e. The van der Waals surface area contributed by atoms with Crippen molar-refractivity contribution in [3.63, 3.8) is 0 Å². The molecule has 0 unspecified atom stereocenters. The first kappa shape index (κ1) is 17.9. The van der Waals surface area contributed by atoms with Gasteiger partial charge in [0.25, 0.3) is 5.69 Å². The molecule has 4 nitrogen and oxygen atoms in total. The molecule has 25 heavy (non-hydrogen) atoms. The highest BCUT2D eigenvalue weighted by molar-refractivity contribution is 5.79. The van der Waals surface area contributed by atoms with E-state index in [0.29, 0.717) is 5.56 Å². The van der Waals surface area contributed by atoms with Crippen LogP contribution in [0.5, 0.6) is 0 Å². The summed E-state index contributed by atoms with van der Waals surface area (Å²) in [6.07, 6.45) is -0.381. The number of rotatable bonds is 4. The number of alkyl halides is 3. The van der Waals surface area contributed by atoms with E-state index in [0.717, 1.165) is 12.1 Å². The van der Waals surface area contributed by atoms with Gasteiger partial charge in [-0.15, -0.1) is 0 Å². The van der Waals surface area contributed by atoms with Crippen LogP contribution in [-0.2, 0) is 6.18 Å². The molecule has 7 heteroatoms. The first-order valence-electron chi connectivity index (χ1n) is 7.02. The Morgan fingerprint density at radius 2 is 1.88 bits per heavy atom. The minimum absolute atomic E-state index is 0.0148. The molecule has 2 aromatic rings. The molecule has 126 valence electrons. The zero-order chi connectivity index (χ0) is 18.4. The Morgan fingerprint density at radius 1 is 1.16 bits per heavy atom. The molecule has 0 spiro atoms. The second-order valence-electron chi connectivity index (χ2n) is 4.95. The Bertz CT molecular complexity index is 894. The molecule has 0 aliphatic carbocycles. The van der Waals surface area contributed by atoms with Gasteiger partial charge in [0, 0.05) is 6.07 Å². The lowest BCUT2D eigenvalue weighted by Gasteiger charge is -2.07. The standard InChI is InChI=1S/C18H11F3N2O2/c19-18(20,21)16-9-4-7-14(11-16)15(12-22)8-3-6-13-5-1-2-10-17(13)23(24)25/h1-11H. The third-order valence-electron chi connectivity index (χ3n) is 3.29. The molecular formula is C18H11F3N2O2. The average molecular weight is 344 g/mol. The van der Waals surface area contributed by atoms with Crippen LogP contribution in [-0.4, -0.2) is 4.92 Å². The van der Waals surface area contributed by atoms with E-state index in [1.54, 1.807) is 6.07 Å². The number of benzene rings is 2. The van der Waals surface area contributed by atoms with E-state index < -0.39 is 16.7 Å². The lowest BCUT2D eigenvalue weighted by molar-refractivity contribution is -0.385. The molecule has 0 saturated heterocycles. The Morgan fingerprint density at radius 3 is 2.52 bits per heavy atom. The van der Waals surface area contributed by atoms with Crippen LogP contribution in [0.2, 0.25) is 0 Å². The number of allylic oxidation sites excluding steroid dienone is 3. The summed E-state index contributed by atoms with van der Waals surface area (Å²) in [6.45, 7) is 0. The maximum absolute atomic E-state index is 12.7. The lowest BCUT2D eigenvalue weighted by atomic mass is 10.0. The van der Waals surface area contributed by atoms with Crippen LogP contribution >= 0.6 is 0 Å². The van der Waals surface area contributed by atoms with E-state index >= 15 is 0 Å². The third-order valence-corrected chi connectivity index (χ3v) is 3.29. The molecule has 0 fully saturated rings. The molecular weight excluding hydrogens is 333 g/mol. The number of para-hydroxylation sites is 1. The van der Waals surface area contributed by atoms with Crippen LogP contribution in [0, 0.1) is 21.4 Å². The number of nitro benzene ring substituents is 1. The molecule has 0 amide bonds. The Balaban J connectivity index is 2.34. The molecule has 0 aliphatic heterocycles. The van der Waals surface area contributed by atoms with E-state index in [2.05, 4.69) is 0 Å². The number of hydrogen-bond donors (Lipinski definition) is 0. The summed E-state index contributed by atoms with van der Waals surface area (Å²) in [4.78, 5) is 10.4. The molecule has 2 aromatic carbocycles. The van der Waals surface area contributed by atoms with Crippen molar-refractivity contribution in [2.24, 2.45) is 0 Å². The average Bonchev–Trinajstić information content (AvgIpc) is 2.58.